The molecule has 346 valence electrons. The molecule has 65 heavy (non-hydrogen) atoms. The fourth-order valence-electron chi connectivity index (χ4n) is 6.57. The zero-order valence-electron chi connectivity index (χ0n) is 37.7. The fourth-order valence-corrected chi connectivity index (χ4v) is 6.57. The van der Waals surface area contributed by atoms with Crippen LogP contribution in [-0.4, -0.2) is 90.2 Å². The Bertz CT molecular complexity index is 2170. The predicted molar refractivity (Wildman–Crippen MR) is 242 cm³/mol. The summed E-state index contributed by atoms with van der Waals surface area (Å²) < 4.78 is 15.8. The molecule has 5 atom stereocenters. The summed E-state index contributed by atoms with van der Waals surface area (Å²) in [5, 5.41) is 11.5. The molecule has 0 radical (unpaired) electrons. The van der Waals surface area contributed by atoms with Crippen LogP contribution in [0.4, 0.5) is 9.59 Å². The molecule has 4 aromatic rings. The number of hydrogen-bond acceptors (Lipinski definition) is 10. The minimum absolute atomic E-state index is 0.0313. The van der Waals surface area contributed by atoms with Gasteiger partial charge in [-0.2, -0.15) is 0 Å². The number of hydrogen-bond donors (Lipinski definition) is 5. The van der Waals surface area contributed by atoms with Crippen LogP contribution in [0.2, 0.25) is 0 Å². The van der Waals surface area contributed by atoms with Crippen LogP contribution in [0, 0.1) is 5.92 Å². The standard InChI is InChI=1S/C49H60N6O10/c1-7-33(2)42(44(58)50-38(28-34-20-12-8-13-21-34)43(57)51-40(46(60)63-6)30-36-24-16-10-17-25-36)53-41(56)31-55(54-48(62)64-32-37-26-18-11-19-27-37)45(59)39(29-35-22-14-9-15-23-35)52-47(61)65-49(3,4)5/h8-27,33,38-40,42H,7,28-32H2,1-6H3,(H,50,58)(H,51,57)(H,52,61)(H,53,56)(H,54,62)/t33-,38-,39-,40-,42-/m0/s1. The SMILES string of the molecule is CC[C@H](C)[C@H](NC(=O)CN(NC(=O)OCc1ccccc1)C(=O)[C@H](Cc1ccccc1)NC(=O)OC(C)(C)C)C(=O)N[C@@H](Cc1ccccc1)C(=O)N[C@@H](Cc1ccccc1)C(=O)OC. The molecule has 16 heteroatoms. The zero-order valence-corrected chi connectivity index (χ0v) is 37.7. The van der Waals surface area contributed by atoms with Crippen LogP contribution in [0.15, 0.2) is 121 Å². The van der Waals surface area contributed by atoms with Crippen LogP contribution >= 0.6 is 0 Å². The summed E-state index contributed by atoms with van der Waals surface area (Å²) in [7, 11) is 1.22. The summed E-state index contributed by atoms with van der Waals surface area (Å²) in [6.07, 6.45) is -1.48. The largest absolute Gasteiger partial charge is 0.467 e. The number of amides is 6. The lowest BCUT2D eigenvalue weighted by atomic mass is 9.97. The van der Waals surface area contributed by atoms with Crippen molar-refractivity contribution in [2.24, 2.45) is 5.92 Å². The minimum Gasteiger partial charge on any atom is -0.467 e. The van der Waals surface area contributed by atoms with E-state index in [9.17, 15) is 33.6 Å². The Morgan fingerprint density at radius 3 is 1.52 bits per heavy atom. The molecule has 4 aromatic carbocycles. The number of hydrazine groups is 1. The maximum Gasteiger partial charge on any atom is 0.426 e. The van der Waals surface area contributed by atoms with Gasteiger partial charge in [-0.15, -0.1) is 0 Å². The lowest BCUT2D eigenvalue weighted by Crippen LogP contribution is -2.61. The van der Waals surface area contributed by atoms with E-state index < -0.39 is 84.0 Å². The topological polar surface area (TPSA) is 211 Å². The Morgan fingerprint density at radius 1 is 0.585 bits per heavy atom. The molecular formula is C49H60N6O10. The van der Waals surface area contributed by atoms with E-state index in [4.69, 9.17) is 14.2 Å². The molecule has 0 heterocycles. The molecule has 0 bridgehead atoms. The van der Waals surface area contributed by atoms with Crippen molar-refractivity contribution >= 4 is 41.8 Å². The van der Waals surface area contributed by atoms with Crippen LogP contribution in [0.3, 0.4) is 0 Å². The molecule has 0 saturated carbocycles. The molecule has 0 aliphatic rings. The van der Waals surface area contributed by atoms with Gasteiger partial charge in [0, 0.05) is 19.3 Å². The molecule has 16 nitrogen and oxygen atoms in total. The van der Waals surface area contributed by atoms with Gasteiger partial charge in [0.2, 0.25) is 17.7 Å². The average Bonchev–Trinajstić information content (AvgIpc) is 3.29. The molecule has 0 saturated heterocycles. The molecule has 0 spiro atoms. The summed E-state index contributed by atoms with van der Waals surface area (Å²) in [5.74, 6) is -4.33. The highest BCUT2D eigenvalue weighted by Crippen LogP contribution is 2.14. The zero-order chi connectivity index (χ0) is 47.4. The lowest BCUT2D eigenvalue weighted by molar-refractivity contribution is -0.145. The van der Waals surface area contributed by atoms with Crippen molar-refractivity contribution in [3.8, 4) is 0 Å². The number of alkyl carbamates (subject to hydrolysis) is 1. The smallest absolute Gasteiger partial charge is 0.426 e. The van der Waals surface area contributed by atoms with Gasteiger partial charge in [0.05, 0.1) is 7.11 Å². The minimum atomic E-state index is -1.35. The number of carbonyl (C=O) groups is 7. The predicted octanol–water partition coefficient (Wildman–Crippen LogP) is 4.95. The first-order chi connectivity index (χ1) is 31.0. The van der Waals surface area contributed by atoms with Crippen LogP contribution in [0.25, 0.3) is 0 Å². The number of nitrogens with zero attached hydrogens (tertiary/aromatic N) is 1. The maximum atomic E-state index is 14.4. The summed E-state index contributed by atoms with van der Waals surface area (Å²) in [6, 6.07) is 30.7. The molecular weight excluding hydrogens is 833 g/mol. The third-order valence-corrected chi connectivity index (χ3v) is 10.1. The number of benzene rings is 4. The molecule has 0 aliphatic heterocycles. The third kappa shape index (κ3) is 17.5. The Hall–Kier alpha value is -7.23. The van der Waals surface area contributed by atoms with E-state index in [0.29, 0.717) is 28.1 Å². The van der Waals surface area contributed by atoms with E-state index in [1.807, 2.05) is 31.2 Å². The molecule has 0 aliphatic carbocycles. The first kappa shape index (κ1) is 50.4. The Labute approximate surface area is 380 Å². The van der Waals surface area contributed by atoms with Gasteiger partial charge in [-0.3, -0.25) is 19.2 Å². The number of ether oxygens (including phenoxy) is 3. The summed E-state index contributed by atoms with van der Waals surface area (Å²) in [4.78, 5) is 96.0. The first-order valence-corrected chi connectivity index (χ1v) is 21.4. The highest BCUT2D eigenvalue weighted by atomic mass is 16.6. The van der Waals surface area contributed by atoms with Gasteiger partial charge in [-0.1, -0.05) is 142 Å². The van der Waals surface area contributed by atoms with E-state index >= 15 is 0 Å². The van der Waals surface area contributed by atoms with E-state index in [0.717, 1.165) is 5.56 Å². The van der Waals surface area contributed by atoms with Gasteiger partial charge in [0.1, 0.15) is 42.9 Å². The second-order valence-corrected chi connectivity index (χ2v) is 16.4. The normalized spacial score (nSPS) is 13.3. The molecule has 6 amide bonds. The Morgan fingerprint density at radius 2 is 1.05 bits per heavy atom. The quantitative estimate of drug-likeness (QED) is 0.0458. The second kappa shape index (κ2) is 25.2. The molecule has 5 N–H and O–H groups in total. The highest BCUT2D eigenvalue weighted by Gasteiger charge is 2.35. The summed E-state index contributed by atoms with van der Waals surface area (Å²) in [5.41, 5.74) is 4.22. The van der Waals surface area contributed by atoms with Crippen LogP contribution in [0.1, 0.15) is 63.3 Å². The number of carbonyl (C=O) groups excluding carboxylic acids is 7. The number of methoxy groups -OCH3 is 1. The van der Waals surface area contributed by atoms with E-state index in [2.05, 4.69) is 26.7 Å². The van der Waals surface area contributed by atoms with Gasteiger partial charge >= 0.3 is 18.2 Å². The highest BCUT2D eigenvalue weighted by molar-refractivity contribution is 5.95. The first-order valence-electron chi connectivity index (χ1n) is 21.4. The van der Waals surface area contributed by atoms with Crippen LogP contribution in [0.5, 0.6) is 0 Å². The van der Waals surface area contributed by atoms with E-state index in [-0.39, 0.29) is 25.9 Å². The summed E-state index contributed by atoms with van der Waals surface area (Å²) >= 11 is 0. The number of esters is 1. The van der Waals surface area contributed by atoms with Crippen molar-refractivity contribution < 1.29 is 47.8 Å². The Kier molecular flexibility index (Phi) is 19.5. The van der Waals surface area contributed by atoms with Crippen LogP contribution in [-0.2, 0) is 64.1 Å². The summed E-state index contributed by atoms with van der Waals surface area (Å²) in [6.45, 7) is 7.53. The van der Waals surface area contributed by atoms with Crippen LogP contribution < -0.4 is 26.7 Å². The van der Waals surface area contributed by atoms with Gasteiger partial charge in [-0.25, -0.2) is 24.8 Å². The third-order valence-electron chi connectivity index (χ3n) is 10.1. The van der Waals surface area contributed by atoms with Crippen molar-refractivity contribution in [1.29, 1.82) is 0 Å². The van der Waals surface area contributed by atoms with Crippen molar-refractivity contribution in [3.05, 3.63) is 144 Å². The molecule has 4 rings (SSSR count). The maximum absolute atomic E-state index is 14.4. The lowest BCUT2D eigenvalue weighted by Gasteiger charge is -2.30. The van der Waals surface area contributed by atoms with Gasteiger partial charge in [-0.05, 0) is 48.9 Å². The van der Waals surface area contributed by atoms with Gasteiger partial charge < -0.3 is 35.5 Å². The molecule has 0 fully saturated rings. The fraction of sp³-hybridized carbons (Fsp3) is 0.367. The number of nitrogens with one attached hydrogen (secondary N) is 5. The Balaban J connectivity index is 1.60. The molecule has 0 unspecified atom stereocenters. The van der Waals surface area contributed by atoms with Crippen molar-refractivity contribution in [2.75, 3.05) is 13.7 Å². The van der Waals surface area contributed by atoms with E-state index in [1.54, 1.807) is 125 Å². The van der Waals surface area contributed by atoms with Crippen molar-refractivity contribution in [2.45, 2.75) is 96.7 Å². The van der Waals surface area contributed by atoms with Crippen molar-refractivity contribution in [1.82, 2.24) is 31.7 Å². The molecule has 0 aromatic heterocycles. The van der Waals surface area contributed by atoms with E-state index in [1.165, 1.54) is 7.11 Å². The number of rotatable bonds is 20. The second-order valence-electron chi connectivity index (χ2n) is 16.4. The van der Waals surface area contributed by atoms with Gasteiger partial charge in [0.15, 0.2) is 0 Å². The van der Waals surface area contributed by atoms with Crippen molar-refractivity contribution in [3.63, 3.8) is 0 Å². The average molecular weight is 893 g/mol. The monoisotopic (exact) mass is 892 g/mol. The van der Waals surface area contributed by atoms with Gasteiger partial charge in [0.25, 0.3) is 5.91 Å².